The lowest BCUT2D eigenvalue weighted by Crippen LogP contribution is -2.45. The highest BCUT2D eigenvalue weighted by Gasteiger charge is 2.37. The van der Waals surface area contributed by atoms with Gasteiger partial charge in [-0.3, -0.25) is 0 Å². The summed E-state index contributed by atoms with van der Waals surface area (Å²) in [6, 6.07) is 3.73. The monoisotopic (exact) mass is 294 g/mol. The molecule has 0 unspecified atom stereocenters. The molecule has 1 rings (SSSR count). The minimum absolute atomic E-state index is 0.415. The molecule has 0 aromatic carbocycles. The van der Waals surface area contributed by atoms with Crippen LogP contribution in [-0.2, 0) is 4.43 Å². The van der Waals surface area contributed by atoms with E-state index in [2.05, 4.69) is 33.6 Å². The van der Waals surface area contributed by atoms with Gasteiger partial charge in [-0.15, -0.1) is 12.3 Å². The molecule has 116 valence electrons. The maximum atomic E-state index is 6.88. The van der Waals surface area contributed by atoms with E-state index in [1.54, 1.807) is 0 Å². The summed E-state index contributed by atoms with van der Waals surface area (Å²) in [5.41, 5.74) is 0. The first-order chi connectivity index (χ1) is 9.62. The minimum Gasteiger partial charge on any atom is -0.413 e. The molecule has 0 aromatic rings. The molecule has 2 atom stereocenters. The summed E-state index contributed by atoms with van der Waals surface area (Å²) in [6.07, 6.45) is 13.7. The van der Waals surface area contributed by atoms with Gasteiger partial charge in [0.15, 0.2) is 8.32 Å². The molecule has 0 amide bonds. The fourth-order valence-corrected chi connectivity index (χ4v) is 6.73. The quantitative estimate of drug-likeness (QED) is 0.417. The highest BCUT2D eigenvalue weighted by atomic mass is 28.4. The normalized spacial score (nSPS) is 20.4. The molecule has 2 heteroatoms. The van der Waals surface area contributed by atoms with E-state index in [0.717, 1.165) is 12.3 Å². The van der Waals surface area contributed by atoms with E-state index >= 15 is 0 Å². The summed E-state index contributed by atoms with van der Waals surface area (Å²) in [5.74, 6) is 4.13. The second-order valence-corrected chi connectivity index (χ2v) is 11.3. The van der Waals surface area contributed by atoms with Crippen LogP contribution in [0.2, 0.25) is 18.1 Å². The summed E-state index contributed by atoms with van der Waals surface area (Å²) in [7, 11) is -1.52. The first-order valence-corrected chi connectivity index (χ1v) is 11.3. The minimum atomic E-state index is -1.52. The van der Waals surface area contributed by atoms with Gasteiger partial charge in [0.25, 0.3) is 0 Å². The molecule has 1 aliphatic carbocycles. The lowest BCUT2D eigenvalue weighted by atomic mass is 9.80. The van der Waals surface area contributed by atoms with Gasteiger partial charge in [-0.2, -0.15) is 0 Å². The lowest BCUT2D eigenvalue weighted by Gasteiger charge is -2.41. The SMILES string of the molecule is C#CC[C@@H](C)[C@H](O[Si](CC)(CC)CC)C1CCCCC1. The summed E-state index contributed by atoms with van der Waals surface area (Å²) >= 11 is 0. The molecular weight excluding hydrogens is 260 g/mol. The number of hydrogen-bond acceptors (Lipinski definition) is 1. The molecule has 20 heavy (non-hydrogen) atoms. The smallest absolute Gasteiger partial charge is 0.192 e. The van der Waals surface area contributed by atoms with Crippen LogP contribution in [0.3, 0.4) is 0 Å². The molecule has 0 bridgehead atoms. The van der Waals surface area contributed by atoms with E-state index in [9.17, 15) is 0 Å². The molecule has 0 radical (unpaired) electrons. The molecule has 0 aromatic heterocycles. The van der Waals surface area contributed by atoms with E-state index in [-0.39, 0.29) is 0 Å². The van der Waals surface area contributed by atoms with Crippen LogP contribution in [0.1, 0.15) is 66.2 Å². The topological polar surface area (TPSA) is 9.23 Å². The Hall–Kier alpha value is -0.263. The summed E-state index contributed by atoms with van der Waals surface area (Å²) < 4.78 is 6.88. The molecule has 0 saturated heterocycles. The van der Waals surface area contributed by atoms with Crippen LogP contribution in [-0.4, -0.2) is 14.4 Å². The van der Waals surface area contributed by atoms with Gasteiger partial charge in [0.05, 0.1) is 6.10 Å². The van der Waals surface area contributed by atoms with E-state index < -0.39 is 8.32 Å². The zero-order valence-electron chi connectivity index (χ0n) is 14.1. The Balaban J connectivity index is 2.83. The molecule has 1 fully saturated rings. The predicted molar refractivity (Wildman–Crippen MR) is 91.3 cm³/mol. The van der Waals surface area contributed by atoms with Gasteiger partial charge >= 0.3 is 0 Å². The predicted octanol–water partition coefficient (Wildman–Crippen LogP) is 5.62. The molecule has 0 spiro atoms. The third-order valence-electron chi connectivity index (χ3n) is 5.43. The van der Waals surface area contributed by atoms with Crippen molar-refractivity contribution >= 4 is 8.32 Å². The molecule has 0 heterocycles. The Kier molecular flexibility index (Phi) is 7.91. The van der Waals surface area contributed by atoms with Gasteiger partial charge in [-0.05, 0) is 42.8 Å². The standard InChI is InChI=1S/C18H34OSi/c1-6-13-16(5)18(17-14-11-10-12-15-17)19-20(7-2,8-3)9-4/h1,16-18H,7-15H2,2-5H3/t16-,18+/m1/s1. The number of rotatable bonds is 8. The molecule has 1 nitrogen and oxygen atoms in total. The van der Waals surface area contributed by atoms with E-state index in [1.165, 1.54) is 50.2 Å². The Labute approximate surface area is 128 Å². The van der Waals surface area contributed by atoms with E-state index in [0.29, 0.717) is 12.0 Å². The Morgan fingerprint density at radius 3 is 2.10 bits per heavy atom. The summed E-state index contributed by atoms with van der Waals surface area (Å²) in [6.45, 7) is 9.27. The third-order valence-corrected chi connectivity index (χ3v) is 10.1. The fourth-order valence-electron chi connectivity index (χ4n) is 3.73. The van der Waals surface area contributed by atoms with Crippen molar-refractivity contribution < 1.29 is 4.43 Å². The van der Waals surface area contributed by atoms with Crippen molar-refractivity contribution in [2.24, 2.45) is 11.8 Å². The first-order valence-electron chi connectivity index (χ1n) is 8.73. The van der Waals surface area contributed by atoms with Crippen molar-refractivity contribution in [2.45, 2.75) is 90.5 Å². The number of terminal acetylenes is 1. The van der Waals surface area contributed by atoms with Gasteiger partial charge in [-0.1, -0.05) is 47.0 Å². The molecule has 1 saturated carbocycles. The first kappa shape index (κ1) is 17.8. The van der Waals surface area contributed by atoms with Crippen LogP contribution in [0.4, 0.5) is 0 Å². The zero-order valence-corrected chi connectivity index (χ0v) is 15.1. The maximum absolute atomic E-state index is 6.88. The van der Waals surface area contributed by atoms with Crippen LogP contribution in [0, 0.1) is 24.2 Å². The van der Waals surface area contributed by atoms with E-state index in [1.807, 2.05) is 0 Å². The van der Waals surface area contributed by atoms with Crippen LogP contribution >= 0.6 is 0 Å². The Morgan fingerprint density at radius 1 is 1.10 bits per heavy atom. The lowest BCUT2D eigenvalue weighted by molar-refractivity contribution is 0.0535. The largest absolute Gasteiger partial charge is 0.413 e. The highest BCUT2D eigenvalue weighted by Crippen LogP contribution is 2.36. The van der Waals surface area contributed by atoms with Crippen LogP contribution in [0.25, 0.3) is 0 Å². The van der Waals surface area contributed by atoms with Gasteiger partial charge in [0, 0.05) is 6.42 Å². The third kappa shape index (κ3) is 4.64. The van der Waals surface area contributed by atoms with Crippen LogP contribution < -0.4 is 0 Å². The molecule has 1 aliphatic rings. The fraction of sp³-hybridized carbons (Fsp3) is 0.889. The summed E-state index contributed by atoms with van der Waals surface area (Å²) in [5, 5.41) is 0. The van der Waals surface area contributed by atoms with Crippen molar-refractivity contribution in [2.75, 3.05) is 0 Å². The highest BCUT2D eigenvalue weighted by molar-refractivity contribution is 6.73. The number of hydrogen-bond donors (Lipinski definition) is 0. The zero-order chi connectivity index (χ0) is 15.0. The average Bonchev–Trinajstić information content (AvgIpc) is 2.50. The van der Waals surface area contributed by atoms with Crippen molar-refractivity contribution in [3.8, 4) is 12.3 Å². The second kappa shape index (κ2) is 8.90. The van der Waals surface area contributed by atoms with Gasteiger partial charge < -0.3 is 4.43 Å². The second-order valence-electron chi connectivity index (χ2n) is 6.61. The molecular formula is C18H34OSi. The van der Waals surface area contributed by atoms with Crippen molar-refractivity contribution in [3.63, 3.8) is 0 Å². The van der Waals surface area contributed by atoms with E-state index in [4.69, 9.17) is 10.8 Å². The van der Waals surface area contributed by atoms with Crippen molar-refractivity contribution in [3.05, 3.63) is 0 Å². The van der Waals surface area contributed by atoms with Gasteiger partial charge in [0.2, 0.25) is 0 Å². The van der Waals surface area contributed by atoms with Crippen molar-refractivity contribution in [1.29, 1.82) is 0 Å². The molecule has 0 aliphatic heterocycles. The van der Waals surface area contributed by atoms with Crippen LogP contribution in [0.15, 0.2) is 0 Å². The van der Waals surface area contributed by atoms with Crippen molar-refractivity contribution in [1.82, 2.24) is 0 Å². The maximum Gasteiger partial charge on any atom is 0.192 e. The van der Waals surface area contributed by atoms with Gasteiger partial charge in [-0.25, -0.2) is 0 Å². The summed E-state index contributed by atoms with van der Waals surface area (Å²) in [4.78, 5) is 0. The average molecular weight is 295 g/mol. The van der Waals surface area contributed by atoms with Crippen LogP contribution in [0.5, 0.6) is 0 Å². The molecule has 0 N–H and O–H groups in total. The van der Waals surface area contributed by atoms with Gasteiger partial charge in [0.1, 0.15) is 0 Å². The Bertz CT molecular complexity index is 289. The Morgan fingerprint density at radius 2 is 1.65 bits per heavy atom.